The van der Waals surface area contributed by atoms with Crippen LogP contribution in [-0.2, 0) is 19.7 Å². The molecule has 1 aromatic carbocycles. The summed E-state index contributed by atoms with van der Waals surface area (Å²) in [5, 5.41) is -0.412. The molecule has 0 bridgehead atoms. The fourth-order valence-corrected chi connectivity index (χ4v) is 7.34. The van der Waals surface area contributed by atoms with Crippen molar-refractivity contribution < 1.29 is 16.8 Å². The van der Waals surface area contributed by atoms with Crippen molar-refractivity contribution in [3.8, 4) is 0 Å². The fraction of sp³-hybridized carbons (Fsp3) is 0.455. The summed E-state index contributed by atoms with van der Waals surface area (Å²) in [4.78, 5) is 0.126. The van der Waals surface area contributed by atoms with E-state index in [0.29, 0.717) is 5.02 Å². The van der Waals surface area contributed by atoms with Gasteiger partial charge < -0.3 is 0 Å². The van der Waals surface area contributed by atoms with Gasteiger partial charge in [0.1, 0.15) is 0 Å². The number of benzene rings is 1. The Kier molecular flexibility index (Phi) is 3.46. The van der Waals surface area contributed by atoms with E-state index in [1.54, 1.807) is 6.92 Å². The van der Waals surface area contributed by atoms with Crippen molar-refractivity contribution in [1.82, 2.24) is 0 Å². The molecule has 0 saturated carbocycles. The minimum Gasteiger partial charge on any atom is -0.229 e. The van der Waals surface area contributed by atoms with Crippen molar-refractivity contribution in [3.63, 3.8) is 0 Å². The monoisotopic (exact) mass is 308 g/mol. The van der Waals surface area contributed by atoms with Crippen molar-refractivity contribution in [2.75, 3.05) is 11.5 Å². The molecule has 2 atom stereocenters. The largest absolute Gasteiger partial charge is 0.229 e. The summed E-state index contributed by atoms with van der Waals surface area (Å²) in [6.07, 6.45) is 0. The second kappa shape index (κ2) is 4.51. The minimum atomic E-state index is -3.61. The third kappa shape index (κ3) is 2.55. The van der Waals surface area contributed by atoms with E-state index in [9.17, 15) is 16.8 Å². The molecule has 0 radical (unpaired) electrons. The van der Waals surface area contributed by atoms with Crippen LogP contribution in [-0.4, -0.2) is 33.6 Å². The normalized spacial score (nSPS) is 27.2. The average molecular weight is 309 g/mol. The zero-order valence-corrected chi connectivity index (χ0v) is 12.1. The van der Waals surface area contributed by atoms with E-state index in [1.807, 2.05) is 0 Å². The molecule has 1 heterocycles. The van der Waals surface area contributed by atoms with E-state index >= 15 is 0 Å². The fourth-order valence-electron chi connectivity index (χ4n) is 2.18. The van der Waals surface area contributed by atoms with Crippen LogP contribution in [0.3, 0.4) is 0 Å². The van der Waals surface area contributed by atoms with E-state index in [2.05, 4.69) is 0 Å². The predicted molar refractivity (Wildman–Crippen MR) is 70.2 cm³/mol. The van der Waals surface area contributed by atoms with E-state index in [-0.39, 0.29) is 22.3 Å². The van der Waals surface area contributed by atoms with Gasteiger partial charge in [-0.2, -0.15) is 0 Å². The molecule has 7 heteroatoms. The lowest BCUT2D eigenvalue weighted by atomic mass is 10.2. The molecule has 0 N–H and O–H groups in total. The first kappa shape index (κ1) is 13.8. The van der Waals surface area contributed by atoms with Crippen molar-refractivity contribution in [2.24, 2.45) is 5.92 Å². The summed E-state index contributed by atoms with van der Waals surface area (Å²) >= 11 is 5.70. The van der Waals surface area contributed by atoms with E-state index < -0.39 is 24.9 Å². The Morgan fingerprint density at radius 1 is 1.17 bits per heavy atom. The second-order valence-corrected chi connectivity index (χ2v) is 9.35. The number of hydrogen-bond acceptors (Lipinski definition) is 4. The zero-order valence-electron chi connectivity index (χ0n) is 9.71. The van der Waals surface area contributed by atoms with E-state index in [4.69, 9.17) is 11.6 Å². The number of rotatable bonds is 2. The summed E-state index contributed by atoms with van der Waals surface area (Å²) in [7, 11) is -6.86. The quantitative estimate of drug-likeness (QED) is 0.831. The van der Waals surface area contributed by atoms with E-state index in [1.165, 1.54) is 24.3 Å². The Morgan fingerprint density at radius 2 is 1.72 bits per heavy atom. The van der Waals surface area contributed by atoms with Gasteiger partial charge in [-0.05, 0) is 30.2 Å². The van der Waals surface area contributed by atoms with Gasteiger partial charge in [0.05, 0.1) is 21.7 Å². The highest BCUT2D eigenvalue weighted by Crippen LogP contribution is 2.30. The molecule has 4 nitrogen and oxygen atoms in total. The highest BCUT2D eigenvalue weighted by atomic mass is 35.5. The van der Waals surface area contributed by atoms with Gasteiger partial charge in [-0.15, -0.1) is 0 Å². The molecule has 0 amide bonds. The molecule has 1 aliphatic heterocycles. The second-order valence-electron chi connectivity index (χ2n) is 4.59. The zero-order chi connectivity index (χ0) is 13.6. The molecular weight excluding hydrogens is 296 g/mol. The van der Waals surface area contributed by atoms with Gasteiger partial charge >= 0.3 is 0 Å². The molecule has 2 rings (SSSR count). The van der Waals surface area contributed by atoms with Crippen LogP contribution >= 0.6 is 11.6 Å². The maximum Gasteiger partial charge on any atom is 0.182 e. The molecule has 0 unspecified atom stereocenters. The predicted octanol–water partition coefficient (Wildman–Crippen LogP) is 1.55. The maximum absolute atomic E-state index is 12.3. The lowest BCUT2D eigenvalue weighted by molar-refractivity contribution is 0.559. The van der Waals surface area contributed by atoms with Gasteiger partial charge in [-0.25, -0.2) is 16.8 Å². The van der Waals surface area contributed by atoms with Gasteiger partial charge in [-0.1, -0.05) is 18.5 Å². The molecule has 1 aliphatic rings. The lowest BCUT2D eigenvalue weighted by Gasteiger charge is -2.14. The van der Waals surface area contributed by atoms with Crippen molar-refractivity contribution in [2.45, 2.75) is 17.1 Å². The standard InChI is InChI=1S/C11H13ClO4S2/c1-8-6-17(13,14)7-11(8)18(15,16)10-4-2-9(12)3-5-10/h2-5,8,11H,6-7H2,1H3/t8-,11-/m0/s1. The Morgan fingerprint density at radius 3 is 2.17 bits per heavy atom. The van der Waals surface area contributed by atoms with Crippen LogP contribution < -0.4 is 0 Å². The Labute approximate surface area is 112 Å². The van der Waals surface area contributed by atoms with Gasteiger partial charge in [0.15, 0.2) is 19.7 Å². The first-order valence-electron chi connectivity index (χ1n) is 5.42. The summed E-state index contributed by atoms with van der Waals surface area (Å²) in [5.74, 6) is -0.737. The topological polar surface area (TPSA) is 68.3 Å². The third-order valence-electron chi connectivity index (χ3n) is 3.11. The van der Waals surface area contributed by atoms with Gasteiger partial charge in [0.25, 0.3) is 0 Å². The van der Waals surface area contributed by atoms with Crippen LogP contribution in [0.25, 0.3) is 0 Å². The molecular formula is C11H13ClO4S2. The Balaban J connectivity index is 2.41. The summed E-state index contributed by atoms with van der Waals surface area (Å²) in [6.45, 7) is 1.66. The molecule has 1 saturated heterocycles. The molecule has 18 heavy (non-hydrogen) atoms. The first-order valence-corrected chi connectivity index (χ1v) is 9.17. The number of sulfone groups is 2. The first-order chi connectivity index (χ1) is 8.22. The number of halogens is 1. The van der Waals surface area contributed by atoms with Crippen LogP contribution in [0.5, 0.6) is 0 Å². The summed E-state index contributed by atoms with van der Waals surface area (Å²) < 4.78 is 47.7. The van der Waals surface area contributed by atoms with Gasteiger partial charge in [0.2, 0.25) is 0 Å². The Bertz CT molecular complexity index is 647. The lowest BCUT2D eigenvalue weighted by Crippen LogP contribution is -2.27. The van der Waals surface area contributed by atoms with Crippen LogP contribution in [0.4, 0.5) is 0 Å². The van der Waals surface area contributed by atoms with Crippen LogP contribution in [0.1, 0.15) is 6.92 Å². The van der Waals surface area contributed by atoms with Crippen molar-refractivity contribution in [3.05, 3.63) is 29.3 Å². The van der Waals surface area contributed by atoms with Crippen LogP contribution in [0.15, 0.2) is 29.2 Å². The van der Waals surface area contributed by atoms with Crippen molar-refractivity contribution in [1.29, 1.82) is 0 Å². The summed E-state index contributed by atoms with van der Waals surface area (Å²) in [5.41, 5.74) is 0. The Hall–Kier alpha value is -0.590. The molecule has 0 spiro atoms. The third-order valence-corrected chi connectivity index (χ3v) is 7.83. The highest BCUT2D eigenvalue weighted by Gasteiger charge is 2.43. The van der Waals surface area contributed by atoms with Crippen LogP contribution in [0, 0.1) is 5.92 Å². The van der Waals surface area contributed by atoms with Crippen molar-refractivity contribution >= 4 is 31.3 Å². The smallest absolute Gasteiger partial charge is 0.182 e. The average Bonchev–Trinajstić information content (AvgIpc) is 2.53. The minimum absolute atomic E-state index is 0.0650. The molecule has 1 fully saturated rings. The van der Waals surface area contributed by atoms with E-state index in [0.717, 1.165) is 0 Å². The molecule has 0 aliphatic carbocycles. The SMILES string of the molecule is C[C@H]1CS(=O)(=O)C[C@@H]1S(=O)(=O)c1ccc(Cl)cc1. The summed E-state index contributed by atoms with van der Waals surface area (Å²) in [6, 6.07) is 5.80. The van der Waals surface area contributed by atoms with Crippen LogP contribution in [0.2, 0.25) is 5.02 Å². The molecule has 100 valence electrons. The van der Waals surface area contributed by atoms with Gasteiger partial charge in [-0.3, -0.25) is 0 Å². The number of hydrogen-bond donors (Lipinski definition) is 0. The molecule has 1 aromatic rings. The van der Waals surface area contributed by atoms with Gasteiger partial charge in [0, 0.05) is 5.02 Å². The maximum atomic E-state index is 12.3. The molecule has 0 aromatic heterocycles. The highest BCUT2D eigenvalue weighted by molar-refractivity contribution is 7.96.